The Kier molecular flexibility index (Phi) is 5.95. The molecule has 6 radical (unpaired) electrons. The summed E-state index contributed by atoms with van der Waals surface area (Å²) in [6.45, 7) is 0. The van der Waals surface area contributed by atoms with Gasteiger partial charge in [0.05, 0.1) is 0 Å². The summed E-state index contributed by atoms with van der Waals surface area (Å²) in [7, 11) is 5.19. The second-order valence-corrected chi connectivity index (χ2v) is 3.39. The Morgan fingerprint density at radius 2 is 1.18 bits per heavy atom. The third-order valence-corrected chi connectivity index (χ3v) is 1.61. The van der Waals surface area contributed by atoms with Crippen LogP contribution in [0.1, 0.15) is 20.7 Å². The van der Waals surface area contributed by atoms with Gasteiger partial charge >= 0.3 is 11.9 Å². The normalized spacial score (nSPS) is 9.06. The number of aromatic hydroxyl groups is 2. The molecule has 0 bridgehead atoms. The fraction of sp³-hybridized carbons (Fsp3) is 0. The van der Waals surface area contributed by atoms with E-state index in [1.165, 1.54) is 0 Å². The van der Waals surface area contributed by atoms with Crippen molar-refractivity contribution < 1.29 is 34.1 Å². The third-order valence-electron chi connectivity index (χ3n) is 1.61. The minimum Gasteiger partial charge on any atom is -0.504 e. The van der Waals surface area contributed by atoms with Gasteiger partial charge in [-0.1, -0.05) is 0 Å². The third kappa shape index (κ3) is 3.90. The summed E-state index contributed by atoms with van der Waals surface area (Å²) in [6, 6.07) is 1.81. The van der Waals surface area contributed by atoms with Crippen LogP contribution in [0.25, 0.3) is 0 Å². The molecule has 7 nitrogen and oxygen atoms in total. The first-order valence-corrected chi connectivity index (χ1v) is 4.69. The Bertz CT molecular complexity index is 393. The second-order valence-electron chi connectivity index (χ2n) is 2.57. The van der Waals surface area contributed by atoms with E-state index >= 15 is 0 Å². The van der Waals surface area contributed by atoms with Gasteiger partial charge in [-0.25, -0.2) is 9.59 Å². The summed E-state index contributed by atoms with van der Waals surface area (Å²) >= 11 is 0. The maximum atomic E-state index is 10.4. The van der Waals surface area contributed by atoms with Gasteiger partial charge in [0.15, 0.2) is 11.5 Å². The molecule has 0 atom stereocenters. The molecule has 0 saturated carbocycles. The fourth-order valence-corrected chi connectivity index (χ4v) is 0.925. The standard InChI is InChI=1S/C8H6O6.OSi2/c9-5-3(7(11)12)1-2-4(6(5)10)8(13)14;2-1-3/h1-2,9-10H,(H,11,12)(H,13,14);. The van der Waals surface area contributed by atoms with Crippen molar-refractivity contribution in [2.75, 3.05) is 0 Å². The largest absolute Gasteiger partial charge is 0.504 e. The summed E-state index contributed by atoms with van der Waals surface area (Å²) < 4.78 is 3.86. The van der Waals surface area contributed by atoms with E-state index in [2.05, 4.69) is 25.1 Å². The van der Waals surface area contributed by atoms with Gasteiger partial charge < -0.3 is 24.5 Å². The molecule has 4 N–H and O–H groups in total. The van der Waals surface area contributed by atoms with Gasteiger partial charge in [0.25, 0.3) is 0 Å². The van der Waals surface area contributed by atoms with E-state index in [0.29, 0.717) is 0 Å². The maximum absolute atomic E-state index is 10.4. The van der Waals surface area contributed by atoms with Crippen molar-refractivity contribution in [2.45, 2.75) is 0 Å². The Morgan fingerprint density at radius 1 is 0.941 bits per heavy atom. The molecule has 0 spiro atoms. The van der Waals surface area contributed by atoms with Crippen LogP contribution >= 0.6 is 0 Å². The smallest absolute Gasteiger partial charge is 0.339 e. The maximum Gasteiger partial charge on any atom is 0.339 e. The van der Waals surface area contributed by atoms with Crippen LogP contribution in [-0.4, -0.2) is 53.3 Å². The molecular formula is C8H6O7Si2. The van der Waals surface area contributed by atoms with E-state index in [-0.39, 0.29) is 0 Å². The van der Waals surface area contributed by atoms with Crippen molar-refractivity contribution in [3.8, 4) is 11.5 Å². The highest BCUT2D eigenvalue weighted by molar-refractivity contribution is 6.15. The zero-order chi connectivity index (χ0) is 13.6. The number of carbonyl (C=O) groups is 2. The first kappa shape index (κ1) is 15.2. The molecule has 0 unspecified atom stereocenters. The molecule has 1 rings (SSSR count). The lowest BCUT2D eigenvalue weighted by molar-refractivity contribution is 0.0674. The lowest BCUT2D eigenvalue weighted by Crippen LogP contribution is -2.01. The lowest BCUT2D eigenvalue weighted by atomic mass is 10.1. The summed E-state index contributed by atoms with van der Waals surface area (Å²) in [5, 5.41) is 35.2. The minimum absolute atomic E-state index is 0.549. The number of hydrogen-bond donors (Lipinski definition) is 4. The van der Waals surface area contributed by atoms with Crippen LogP contribution in [0, 0.1) is 0 Å². The zero-order valence-electron chi connectivity index (χ0n) is 8.17. The van der Waals surface area contributed by atoms with Crippen LogP contribution in [0.2, 0.25) is 0 Å². The molecule has 0 heterocycles. The van der Waals surface area contributed by atoms with E-state index < -0.39 is 34.6 Å². The predicted octanol–water partition coefficient (Wildman–Crippen LogP) is -0.336. The average molecular weight is 270 g/mol. The van der Waals surface area contributed by atoms with Gasteiger partial charge in [-0.15, -0.1) is 0 Å². The van der Waals surface area contributed by atoms with Crippen molar-refractivity contribution in [1.29, 1.82) is 0 Å². The van der Waals surface area contributed by atoms with Crippen molar-refractivity contribution in [3.05, 3.63) is 23.3 Å². The van der Waals surface area contributed by atoms with Gasteiger partial charge in [0.2, 0.25) is 21.0 Å². The fourth-order valence-electron chi connectivity index (χ4n) is 0.925. The Balaban J connectivity index is 0.000000770. The molecule has 0 aliphatic heterocycles. The van der Waals surface area contributed by atoms with Gasteiger partial charge in [0.1, 0.15) is 11.1 Å². The van der Waals surface area contributed by atoms with Gasteiger partial charge in [0, 0.05) is 0 Å². The summed E-state index contributed by atoms with van der Waals surface area (Å²) in [5.41, 5.74) is -1.10. The van der Waals surface area contributed by atoms with Crippen molar-refractivity contribution in [2.24, 2.45) is 0 Å². The van der Waals surface area contributed by atoms with E-state index in [1.807, 2.05) is 0 Å². The lowest BCUT2D eigenvalue weighted by Gasteiger charge is -2.04. The number of hydrogen-bond acceptors (Lipinski definition) is 5. The summed E-state index contributed by atoms with van der Waals surface area (Å²) in [4.78, 5) is 20.9. The summed E-state index contributed by atoms with van der Waals surface area (Å²) in [6.07, 6.45) is 0. The zero-order valence-corrected chi connectivity index (χ0v) is 10.2. The molecule has 1 aromatic rings. The molecule has 9 heteroatoms. The Morgan fingerprint density at radius 3 is 1.35 bits per heavy atom. The van der Waals surface area contributed by atoms with Gasteiger partial charge in [-0.2, -0.15) is 0 Å². The van der Waals surface area contributed by atoms with E-state index in [0.717, 1.165) is 12.1 Å². The quantitative estimate of drug-likeness (QED) is 0.428. The highest BCUT2D eigenvalue weighted by Gasteiger charge is 2.19. The molecule has 1 aromatic carbocycles. The van der Waals surface area contributed by atoms with E-state index in [9.17, 15) is 9.59 Å². The molecule has 0 aromatic heterocycles. The molecule has 0 aliphatic rings. The van der Waals surface area contributed by atoms with Crippen LogP contribution in [0.3, 0.4) is 0 Å². The van der Waals surface area contributed by atoms with E-state index in [1.54, 1.807) is 0 Å². The Hall–Kier alpha value is -1.85. The van der Waals surface area contributed by atoms with Gasteiger partial charge in [-0.3, -0.25) is 0 Å². The van der Waals surface area contributed by atoms with Crippen LogP contribution < -0.4 is 0 Å². The summed E-state index contributed by atoms with van der Waals surface area (Å²) in [5.74, 6) is -4.79. The van der Waals surface area contributed by atoms with Crippen LogP contribution in [0.4, 0.5) is 0 Å². The first-order valence-electron chi connectivity index (χ1n) is 3.87. The number of rotatable bonds is 2. The number of phenols is 2. The SMILES string of the molecule is O=C(O)c1ccc(C(=O)O)c(O)c1O.[Si]O[Si]. The molecule has 0 saturated heterocycles. The molecule has 0 aliphatic carbocycles. The number of carboxylic acid groups (broad SMARTS) is 2. The van der Waals surface area contributed by atoms with E-state index in [4.69, 9.17) is 20.4 Å². The van der Waals surface area contributed by atoms with Crippen LogP contribution in [-0.2, 0) is 4.12 Å². The molecule has 88 valence electrons. The highest BCUT2D eigenvalue weighted by Crippen LogP contribution is 2.32. The van der Waals surface area contributed by atoms with Crippen molar-refractivity contribution in [3.63, 3.8) is 0 Å². The second kappa shape index (κ2) is 6.68. The monoisotopic (exact) mass is 270 g/mol. The highest BCUT2D eigenvalue weighted by atomic mass is 28.3. The molecular weight excluding hydrogens is 264 g/mol. The topological polar surface area (TPSA) is 124 Å². The number of aromatic carboxylic acids is 2. The first-order chi connectivity index (χ1) is 7.86. The molecule has 0 amide bonds. The number of benzene rings is 1. The van der Waals surface area contributed by atoms with Gasteiger partial charge in [-0.05, 0) is 12.1 Å². The molecule has 0 fully saturated rings. The van der Waals surface area contributed by atoms with Crippen molar-refractivity contribution >= 4 is 32.9 Å². The van der Waals surface area contributed by atoms with Crippen LogP contribution in [0.5, 0.6) is 11.5 Å². The van der Waals surface area contributed by atoms with Crippen molar-refractivity contribution in [1.82, 2.24) is 0 Å². The average Bonchev–Trinajstić information content (AvgIpc) is 2.22. The molecule has 17 heavy (non-hydrogen) atoms. The minimum atomic E-state index is -1.45. The van der Waals surface area contributed by atoms with Crippen LogP contribution in [0.15, 0.2) is 12.1 Å². The predicted molar refractivity (Wildman–Crippen MR) is 56.3 cm³/mol. The Labute approximate surface area is 102 Å². The number of carboxylic acids is 2.